The molecular weight excluding hydrogens is 463 g/mol. The molecule has 0 fully saturated rings. The number of nitrogens with zero attached hydrogens (tertiary/aromatic N) is 7. The molecule has 0 amide bonds. The normalized spacial score (nSPS) is 12.7. The number of hydrogen-bond donors (Lipinski definition) is 1. The summed E-state index contributed by atoms with van der Waals surface area (Å²) in [7, 11) is 3.92. The molecule has 6 rings (SSSR count). The molecule has 5 aromatic rings. The Bertz CT molecular complexity index is 1630. The lowest BCUT2D eigenvalue weighted by molar-refractivity contribution is 0.626. The lowest BCUT2D eigenvalue weighted by atomic mass is 9.42. The summed E-state index contributed by atoms with van der Waals surface area (Å²) in [4.78, 5) is 15.4. The fourth-order valence-electron chi connectivity index (χ4n) is 4.93. The Labute approximate surface area is 216 Å². The molecule has 0 saturated carbocycles. The standard InChI is InChI=1S/C25H23BN8O.C2H6/c1-33(2)23-21-22(17-5-6-20-19(10-17)31-25(28)35-20)32-34(24(21)30-14-29-23)12-15-3-4-18-11-26(13-27)8-7-16(18)9-15;1-2/h3-6,9-10,14H,7-8,11-12H2,1-2H3,(H2,28,31);1-2H3. The summed E-state index contributed by atoms with van der Waals surface area (Å²) in [5.41, 5.74) is 13.2. The Kier molecular flexibility index (Phi) is 6.53. The summed E-state index contributed by atoms with van der Waals surface area (Å²) in [6, 6.07) is 12.4. The number of rotatable bonds is 4. The predicted octanol–water partition coefficient (Wildman–Crippen LogP) is 4.55. The minimum Gasteiger partial charge on any atom is -0.424 e. The third kappa shape index (κ3) is 4.49. The van der Waals surface area contributed by atoms with Crippen LogP contribution in [0.25, 0.3) is 33.4 Å². The highest BCUT2D eigenvalue weighted by atomic mass is 16.4. The van der Waals surface area contributed by atoms with Crippen molar-refractivity contribution in [2.45, 2.75) is 39.5 Å². The van der Waals surface area contributed by atoms with E-state index in [2.05, 4.69) is 39.1 Å². The Hall–Kier alpha value is -4.39. The van der Waals surface area contributed by atoms with E-state index in [1.807, 2.05) is 55.7 Å². The average Bonchev–Trinajstić information content (AvgIpc) is 3.48. The zero-order valence-corrected chi connectivity index (χ0v) is 21.6. The number of hydrogen-bond acceptors (Lipinski definition) is 8. The minimum atomic E-state index is 0.115. The summed E-state index contributed by atoms with van der Waals surface area (Å²) in [5, 5.41) is 15.2. The Morgan fingerprint density at radius 2 is 1.97 bits per heavy atom. The van der Waals surface area contributed by atoms with Gasteiger partial charge in [0.25, 0.3) is 12.7 Å². The van der Waals surface area contributed by atoms with Gasteiger partial charge in [-0.1, -0.05) is 43.9 Å². The van der Waals surface area contributed by atoms with Crippen LogP contribution in [0.4, 0.5) is 11.8 Å². The molecule has 0 spiro atoms. The Balaban J connectivity index is 0.00000137. The minimum absolute atomic E-state index is 0.115. The topological polar surface area (TPSA) is 123 Å². The molecule has 0 saturated heterocycles. The predicted molar refractivity (Wildman–Crippen MR) is 148 cm³/mol. The zero-order valence-electron chi connectivity index (χ0n) is 21.6. The Morgan fingerprint density at radius 1 is 1.14 bits per heavy atom. The second-order valence-electron chi connectivity index (χ2n) is 9.20. The van der Waals surface area contributed by atoms with E-state index in [0.29, 0.717) is 17.6 Å². The number of anilines is 2. The largest absolute Gasteiger partial charge is 0.424 e. The first-order valence-electron chi connectivity index (χ1n) is 12.6. The smallest absolute Gasteiger partial charge is 0.292 e. The van der Waals surface area contributed by atoms with E-state index in [-0.39, 0.29) is 12.7 Å². The molecular formula is C27H29BN8O. The second-order valence-corrected chi connectivity index (χ2v) is 9.20. The average molecular weight is 492 g/mol. The highest BCUT2D eigenvalue weighted by molar-refractivity contribution is 6.66. The molecule has 37 heavy (non-hydrogen) atoms. The molecule has 1 aliphatic rings. The number of aromatic nitrogens is 5. The number of nitrogens with two attached hydrogens (primary N) is 1. The number of fused-ring (bicyclic) bond motifs is 3. The van der Waals surface area contributed by atoms with Crippen molar-refractivity contribution in [1.82, 2.24) is 24.7 Å². The van der Waals surface area contributed by atoms with Gasteiger partial charge in [0, 0.05) is 25.6 Å². The van der Waals surface area contributed by atoms with Crippen LogP contribution < -0.4 is 10.6 Å². The van der Waals surface area contributed by atoms with Gasteiger partial charge in [-0.2, -0.15) is 10.1 Å². The van der Waals surface area contributed by atoms with Gasteiger partial charge in [0.1, 0.15) is 23.4 Å². The fourth-order valence-corrected chi connectivity index (χ4v) is 4.93. The van der Waals surface area contributed by atoms with Gasteiger partial charge in [0.2, 0.25) is 0 Å². The van der Waals surface area contributed by atoms with Gasteiger partial charge in [-0.15, -0.1) is 0 Å². The van der Waals surface area contributed by atoms with Gasteiger partial charge >= 0.3 is 0 Å². The van der Waals surface area contributed by atoms with Crippen LogP contribution in [-0.4, -0.2) is 45.5 Å². The number of oxazole rings is 1. The molecule has 2 aromatic carbocycles. The third-order valence-corrected chi connectivity index (χ3v) is 6.62. The van der Waals surface area contributed by atoms with E-state index in [1.54, 1.807) is 6.33 Å². The van der Waals surface area contributed by atoms with Gasteiger partial charge < -0.3 is 15.1 Å². The molecule has 0 aliphatic carbocycles. The van der Waals surface area contributed by atoms with Crippen molar-refractivity contribution in [3.63, 3.8) is 0 Å². The zero-order chi connectivity index (χ0) is 26.1. The van der Waals surface area contributed by atoms with E-state index in [9.17, 15) is 5.26 Å². The third-order valence-electron chi connectivity index (χ3n) is 6.62. The molecule has 2 N–H and O–H groups in total. The van der Waals surface area contributed by atoms with Crippen molar-refractivity contribution in [3.05, 3.63) is 59.4 Å². The van der Waals surface area contributed by atoms with Gasteiger partial charge in [0.05, 0.1) is 11.9 Å². The van der Waals surface area contributed by atoms with E-state index in [1.165, 1.54) is 11.1 Å². The molecule has 186 valence electrons. The second kappa shape index (κ2) is 9.93. The van der Waals surface area contributed by atoms with Crippen molar-refractivity contribution in [2.24, 2.45) is 0 Å². The number of benzene rings is 2. The summed E-state index contributed by atoms with van der Waals surface area (Å²) in [5.74, 6) is 3.21. The van der Waals surface area contributed by atoms with E-state index >= 15 is 0 Å². The molecule has 0 unspecified atom stereocenters. The molecule has 1 aliphatic heterocycles. The quantitative estimate of drug-likeness (QED) is 0.363. The molecule has 3 aromatic heterocycles. The van der Waals surface area contributed by atoms with Gasteiger partial charge in [-0.3, -0.25) is 0 Å². The maximum absolute atomic E-state index is 9.29. The highest BCUT2D eigenvalue weighted by Crippen LogP contribution is 2.34. The van der Waals surface area contributed by atoms with E-state index < -0.39 is 0 Å². The van der Waals surface area contributed by atoms with Crippen LogP contribution in [0.2, 0.25) is 6.32 Å². The van der Waals surface area contributed by atoms with Gasteiger partial charge in [-0.25, -0.2) is 19.9 Å². The van der Waals surface area contributed by atoms with Crippen molar-refractivity contribution >= 4 is 40.7 Å². The van der Waals surface area contributed by atoms with Crippen LogP contribution in [0.1, 0.15) is 30.5 Å². The first kappa shape index (κ1) is 24.3. The van der Waals surface area contributed by atoms with Crippen LogP contribution in [0.5, 0.6) is 0 Å². The summed E-state index contributed by atoms with van der Waals surface area (Å²) in [6.45, 7) is 4.69. The highest BCUT2D eigenvalue weighted by Gasteiger charge is 2.23. The van der Waals surface area contributed by atoms with Crippen LogP contribution in [0, 0.1) is 11.2 Å². The Morgan fingerprint density at radius 3 is 2.76 bits per heavy atom. The summed E-state index contributed by atoms with van der Waals surface area (Å²) >= 11 is 0. The van der Waals surface area contributed by atoms with E-state index in [0.717, 1.165) is 52.7 Å². The maximum Gasteiger partial charge on any atom is 0.292 e. The summed E-state index contributed by atoms with van der Waals surface area (Å²) in [6.07, 6.45) is 4.25. The van der Waals surface area contributed by atoms with Gasteiger partial charge in [0.15, 0.2) is 11.2 Å². The van der Waals surface area contributed by atoms with Crippen molar-refractivity contribution in [2.75, 3.05) is 24.7 Å². The number of nitrogen functional groups attached to an aromatic ring is 1. The lowest BCUT2D eigenvalue weighted by Gasteiger charge is -2.18. The molecule has 0 atom stereocenters. The van der Waals surface area contributed by atoms with Crippen LogP contribution >= 0.6 is 0 Å². The van der Waals surface area contributed by atoms with Crippen LogP contribution in [0.15, 0.2) is 47.1 Å². The maximum atomic E-state index is 9.29. The fraction of sp³-hybridized carbons (Fsp3) is 0.296. The molecule has 10 heteroatoms. The van der Waals surface area contributed by atoms with Crippen molar-refractivity contribution in [3.8, 4) is 17.2 Å². The number of aryl methyl sites for hydroxylation is 1. The monoisotopic (exact) mass is 492 g/mol. The molecule has 0 radical (unpaired) electrons. The van der Waals surface area contributed by atoms with Crippen molar-refractivity contribution < 1.29 is 4.42 Å². The van der Waals surface area contributed by atoms with Gasteiger partial charge in [-0.05, 0) is 42.1 Å². The SMILES string of the molecule is CC.CN(C)c1ncnc2c1c(-c1ccc3oc(N)nc3c1)nn2Cc1ccc2c(c1)CCB(C#N)C2. The lowest BCUT2D eigenvalue weighted by Crippen LogP contribution is -2.22. The molecule has 9 nitrogen and oxygen atoms in total. The summed E-state index contributed by atoms with van der Waals surface area (Å²) < 4.78 is 7.38. The molecule has 4 heterocycles. The molecule has 0 bridgehead atoms. The first-order chi connectivity index (χ1) is 18.0. The van der Waals surface area contributed by atoms with Crippen LogP contribution in [-0.2, 0) is 19.3 Å². The van der Waals surface area contributed by atoms with Crippen LogP contribution in [0.3, 0.4) is 0 Å². The first-order valence-corrected chi connectivity index (χ1v) is 12.6. The van der Waals surface area contributed by atoms with Crippen molar-refractivity contribution in [1.29, 1.82) is 5.26 Å². The number of nitriles is 1. The van der Waals surface area contributed by atoms with E-state index in [4.69, 9.17) is 15.2 Å².